The SMILES string of the molecule is O=C(c1ccc(-c2ccc(CCC3CCN(CCC4(C(F)(F)F)CCC4)CC3)cc2)cc1)N1CCCCC1. The van der Waals surface area contributed by atoms with E-state index in [1.807, 2.05) is 29.2 Å². The van der Waals surface area contributed by atoms with Gasteiger partial charge in [-0.1, -0.05) is 42.8 Å². The number of carbonyl (C=O) groups excluding carboxylic acids is 1. The Kier molecular flexibility index (Phi) is 8.47. The van der Waals surface area contributed by atoms with E-state index in [0.29, 0.717) is 31.7 Å². The third-order valence-electron chi connectivity index (χ3n) is 9.43. The van der Waals surface area contributed by atoms with Crippen LogP contribution < -0.4 is 0 Å². The van der Waals surface area contributed by atoms with Crippen LogP contribution in [0.15, 0.2) is 48.5 Å². The largest absolute Gasteiger partial charge is 0.394 e. The zero-order chi connectivity index (χ0) is 26.6. The molecular weight excluding hydrogens is 485 g/mol. The van der Waals surface area contributed by atoms with Crippen LogP contribution in [-0.4, -0.2) is 54.6 Å². The molecule has 0 radical (unpaired) electrons. The van der Waals surface area contributed by atoms with Gasteiger partial charge in [0.1, 0.15) is 0 Å². The van der Waals surface area contributed by atoms with Gasteiger partial charge in [-0.05, 0) is 119 Å². The Morgan fingerprint density at radius 2 is 1.42 bits per heavy atom. The van der Waals surface area contributed by atoms with Gasteiger partial charge in [-0.2, -0.15) is 13.2 Å². The first-order valence-electron chi connectivity index (χ1n) is 14.6. The molecule has 2 aromatic rings. The van der Waals surface area contributed by atoms with Gasteiger partial charge in [0.15, 0.2) is 0 Å². The topological polar surface area (TPSA) is 23.6 Å². The minimum atomic E-state index is -4.05. The lowest BCUT2D eigenvalue weighted by molar-refractivity contribution is -0.254. The summed E-state index contributed by atoms with van der Waals surface area (Å²) in [7, 11) is 0. The lowest BCUT2D eigenvalue weighted by Crippen LogP contribution is -2.47. The molecule has 206 valence electrons. The van der Waals surface area contributed by atoms with Crippen LogP contribution in [0.4, 0.5) is 13.2 Å². The molecule has 2 aromatic carbocycles. The van der Waals surface area contributed by atoms with Gasteiger partial charge in [0.2, 0.25) is 0 Å². The molecule has 0 bridgehead atoms. The molecule has 1 aliphatic carbocycles. The number of piperidine rings is 2. The van der Waals surface area contributed by atoms with Crippen molar-refractivity contribution in [3.05, 3.63) is 59.7 Å². The van der Waals surface area contributed by atoms with E-state index in [-0.39, 0.29) is 12.3 Å². The number of alkyl halides is 3. The Morgan fingerprint density at radius 3 is 1.97 bits per heavy atom. The van der Waals surface area contributed by atoms with E-state index in [2.05, 4.69) is 29.2 Å². The second kappa shape index (κ2) is 11.8. The van der Waals surface area contributed by atoms with Gasteiger partial charge >= 0.3 is 6.18 Å². The summed E-state index contributed by atoms with van der Waals surface area (Å²) >= 11 is 0. The molecule has 0 unspecified atom stereocenters. The summed E-state index contributed by atoms with van der Waals surface area (Å²) in [6.45, 7) is 4.16. The van der Waals surface area contributed by atoms with Crippen LogP contribution >= 0.6 is 0 Å². The molecule has 2 aliphatic heterocycles. The van der Waals surface area contributed by atoms with E-state index in [1.54, 1.807) is 0 Å². The second-order valence-corrected chi connectivity index (χ2v) is 11.8. The predicted molar refractivity (Wildman–Crippen MR) is 146 cm³/mol. The third-order valence-corrected chi connectivity index (χ3v) is 9.43. The van der Waals surface area contributed by atoms with Crippen molar-refractivity contribution >= 4 is 5.91 Å². The number of rotatable bonds is 8. The quantitative estimate of drug-likeness (QED) is 0.351. The summed E-state index contributed by atoms with van der Waals surface area (Å²) in [6.07, 6.45) is 5.31. The summed E-state index contributed by atoms with van der Waals surface area (Å²) in [4.78, 5) is 16.9. The fourth-order valence-electron chi connectivity index (χ4n) is 6.47. The summed E-state index contributed by atoms with van der Waals surface area (Å²) in [5.74, 6) is 0.789. The van der Waals surface area contributed by atoms with Gasteiger partial charge in [0, 0.05) is 18.7 Å². The first-order valence-corrected chi connectivity index (χ1v) is 14.6. The predicted octanol–water partition coefficient (Wildman–Crippen LogP) is 7.75. The molecule has 0 atom stereocenters. The van der Waals surface area contributed by atoms with E-state index >= 15 is 0 Å². The van der Waals surface area contributed by atoms with Crippen molar-refractivity contribution in [1.29, 1.82) is 0 Å². The summed E-state index contributed by atoms with van der Waals surface area (Å²) in [5.41, 5.74) is 2.96. The number of benzene rings is 2. The maximum atomic E-state index is 13.4. The fraction of sp³-hybridized carbons (Fsp3) is 0.594. The molecule has 38 heavy (non-hydrogen) atoms. The van der Waals surface area contributed by atoms with Crippen LogP contribution in [0.25, 0.3) is 11.1 Å². The number of nitrogens with zero attached hydrogens (tertiary/aromatic N) is 2. The van der Waals surface area contributed by atoms with E-state index in [4.69, 9.17) is 0 Å². The van der Waals surface area contributed by atoms with E-state index in [9.17, 15) is 18.0 Å². The molecule has 2 saturated heterocycles. The van der Waals surface area contributed by atoms with Gasteiger partial charge in [-0.3, -0.25) is 4.79 Å². The average molecular weight is 527 g/mol. The van der Waals surface area contributed by atoms with Crippen LogP contribution in [0.5, 0.6) is 0 Å². The monoisotopic (exact) mass is 526 g/mol. The minimum absolute atomic E-state index is 0.140. The molecule has 1 amide bonds. The van der Waals surface area contributed by atoms with Crippen LogP contribution in [0, 0.1) is 11.3 Å². The van der Waals surface area contributed by atoms with Crippen molar-refractivity contribution in [2.75, 3.05) is 32.7 Å². The molecule has 0 aromatic heterocycles. The highest BCUT2D eigenvalue weighted by Crippen LogP contribution is 2.55. The van der Waals surface area contributed by atoms with Crippen LogP contribution in [-0.2, 0) is 6.42 Å². The van der Waals surface area contributed by atoms with Crippen molar-refractivity contribution in [2.45, 2.75) is 76.8 Å². The number of amides is 1. The normalized spacial score (nSPS) is 20.8. The van der Waals surface area contributed by atoms with Gasteiger partial charge in [0.25, 0.3) is 5.91 Å². The van der Waals surface area contributed by atoms with Crippen molar-refractivity contribution in [1.82, 2.24) is 9.80 Å². The Hall–Kier alpha value is -2.34. The molecule has 3 aliphatic rings. The number of hydrogen-bond acceptors (Lipinski definition) is 2. The highest BCUT2D eigenvalue weighted by Gasteiger charge is 2.57. The molecule has 3 fully saturated rings. The maximum absolute atomic E-state index is 13.4. The summed E-state index contributed by atoms with van der Waals surface area (Å²) < 4.78 is 40.3. The van der Waals surface area contributed by atoms with Crippen molar-refractivity contribution in [3.63, 3.8) is 0 Å². The standard InChI is InChI=1S/C32H41F3N2O/c33-32(34,35)31(17-4-18-31)19-24-36-22-15-26(16-23-36)6-5-25-7-9-27(10-8-25)28-11-13-29(14-12-28)30(38)37-20-2-1-3-21-37/h7-14,26H,1-6,15-24H2. The van der Waals surface area contributed by atoms with E-state index in [1.165, 1.54) is 12.0 Å². The molecule has 2 heterocycles. The lowest BCUT2D eigenvalue weighted by Gasteiger charge is -2.44. The summed E-state index contributed by atoms with van der Waals surface area (Å²) in [6, 6.07) is 16.7. The van der Waals surface area contributed by atoms with Gasteiger partial charge in [0.05, 0.1) is 5.41 Å². The molecule has 0 spiro atoms. The summed E-state index contributed by atoms with van der Waals surface area (Å²) in [5, 5.41) is 0. The minimum Gasteiger partial charge on any atom is -0.339 e. The fourth-order valence-corrected chi connectivity index (χ4v) is 6.47. The number of hydrogen-bond donors (Lipinski definition) is 0. The van der Waals surface area contributed by atoms with Crippen LogP contribution in [0.3, 0.4) is 0 Å². The second-order valence-electron chi connectivity index (χ2n) is 11.8. The molecule has 1 saturated carbocycles. The Labute approximate surface area is 225 Å². The lowest BCUT2D eigenvalue weighted by atomic mass is 9.66. The maximum Gasteiger partial charge on any atom is 0.394 e. The molecular formula is C32H41F3N2O. The zero-order valence-corrected chi connectivity index (χ0v) is 22.4. The smallest absolute Gasteiger partial charge is 0.339 e. The Morgan fingerprint density at radius 1 is 0.816 bits per heavy atom. The van der Waals surface area contributed by atoms with Crippen LogP contribution in [0.2, 0.25) is 0 Å². The average Bonchev–Trinajstić information content (AvgIpc) is 2.92. The third kappa shape index (κ3) is 6.27. The molecule has 0 N–H and O–H groups in total. The molecule has 5 rings (SSSR count). The van der Waals surface area contributed by atoms with Crippen molar-refractivity contribution < 1.29 is 18.0 Å². The molecule has 3 nitrogen and oxygen atoms in total. The van der Waals surface area contributed by atoms with Crippen LogP contribution in [0.1, 0.15) is 80.1 Å². The number of carbonyl (C=O) groups is 1. The van der Waals surface area contributed by atoms with Gasteiger partial charge in [-0.15, -0.1) is 0 Å². The number of likely N-dealkylation sites (tertiary alicyclic amines) is 2. The molecule has 6 heteroatoms. The van der Waals surface area contributed by atoms with E-state index < -0.39 is 11.6 Å². The zero-order valence-electron chi connectivity index (χ0n) is 22.4. The Balaban J connectivity index is 1.05. The first kappa shape index (κ1) is 27.2. The highest BCUT2D eigenvalue weighted by molar-refractivity contribution is 5.94. The first-order chi connectivity index (χ1) is 18.3. The van der Waals surface area contributed by atoms with Gasteiger partial charge in [-0.25, -0.2) is 0 Å². The Bertz CT molecular complexity index is 1050. The van der Waals surface area contributed by atoms with Crippen molar-refractivity contribution in [2.24, 2.45) is 11.3 Å². The highest BCUT2D eigenvalue weighted by atomic mass is 19.4. The van der Waals surface area contributed by atoms with Crippen molar-refractivity contribution in [3.8, 4) is 11.1 Å². The van der Waals surface area contributed by atoms with E-state index in [0.717, 1.165) is 81.4 Å². The number of aryl methyl sites for hydroxylation is 1. The number of halogens is 3. The van der Waals surface area contributed by atoms with Gasteiger partial charge < -0.3 is 9.80 Å².